The summed E-state index contributed by atoms with van der Waals surface area (Å²) in [5.41, 5.74) is 0. The summed E-state index contributed by atoms with van der Waals surface area (Å²) in [4.78, 5) is 20.4. The summed E-state index contributed by atoms with van der Waals surface area (Å²) in [6, 6.07) is 0. The fraction of sp³-hybridized carbons (Fsp3) is 0.950. The van der Waals surface area contributed by atoms with Gasteiger partial charge in [0.15, 0.2) is 0 Å². The Bertz CT molecular complexity index is 473. The van der Waals surface area contributed by atoms with Crippen LogP contribution in [0.1, 0.15) is 221 Å². The molecule has 0 heterocycles. The molecule has 0 amide bonds. The van der Waals surface area contributed by atoms with Crippen LogP contribution in [0, 0.1) is 0 Å². The van der Waals surface area contributed by atoms with Gasteiger partial charge in [-0.15, -0.1) is 0 Å². The molecule has 0 aromatic rings. The minimum atomic E-state index is -0.659. The molecule has 0 bridgehead atoms. The third kappa shape index (κ3) is 70.8. The molecule has 0 aliphatic rings. The molecule has 2 N–H and O–H groups in total. The molecular weight excluding hydrogens is 782 g/mol. The Balaban J connectivity index is -0.000000261. The van der Waals surface area contributed by atoms with E-state index < -0.39 is 11.9 Å². The maximum absolute atomic E-state index is 10.2. The van der Waals surface area contributed by atoms with E-state index in [0.717, 1.165) is 25.7 Å². The first kappa shape index (κ1) is 53.3. The van der Waals surface area contributed by atoms with E-state index in [1.165, 1.54) is 141 Å². The summed E-state index contributed by atoms with van der Waals surface area (Å²) < 4.78 is 6.50. The molecule has 0 atom stereocenters. The van der Waals surface area contributed by atoms with Crippen LogP contribution in [0.3, 0.4) is 0 Å². The third-order valence-corrected chi connectivity index (χ3v) is 15.9. The number of carboxylic acids is 2. The zero-order chi connectivity index (χ0) is 35.2. The number of unbranched alkanes of at least 4 members (excludes halogenated alkanes) is 20. The summed E-state index contributed by atoms with van der Waals surface area (Å²) in [6.07, 6.45) is 34.6. The van der Waals surface area contributed by atoms with E-state index >= 15 is 0 Å². The van der Waals surface area contributed by atoms with Gasteiger partial charge < -0.3 is 10.2 Å². The molecule has 0 unspecified atom stereocenters. The van der Waals surface area contributed by atoms with Crippen molar-refractivity contribution in [2.75, 3.05) is 0 Å². The topological polar surface area (TPSA) is 74.6 Å². The second-order valence-corrected chi connectivity index (χ2v) is 21.4. The Kier molecular flexibility index (Phi) is 63.7. The minimum absolute atomic E-state index is 0.149. The number of aliphatic carboxylic acids is 2. The zero-order valence-corrected chi connectivity index (χ0v) is 38.0. The SMILES string of the molecule is CCCCCCCCCCCC(=O)O.CCCCCCCCCCCC(=O)O.CCC[CH2][Sn][CH2]CCC.CCC[CH2][Sn][CH2]CCC. The molecule has 0 saturated carbocycles. The van der Waals surface area contributed by atoms with Gasteiger partial charge in [0.05, 0.1) is 0 Å². The molecular formula is C40H84O4Sn2. The summed E-state index contributed by atoms with van der Waals surface area (Å²) >= 11 is 0.299. The van der Waals surface area contributed by atoms with Crippen LogP contribution in [0.25, 0.3) is 0 Å². The van der Waals surface area contributed by atoms with Gasteiger partial charge in [-0.1, -0.05) is 117 Å². The van der Waals surface area contributed by atoms with Crippen molar-refractivity contribution in [1.82, 2.24) is 0 Å². The predicted molar refractivity (Wildman–Crippen MR) is 209 cm³/mol. The van der Waals surface area contributed by atoms with E-state index in [0.29, 0.717) is 12.8 Å². The van der Waals surface area contributed by atoms with E-state index in [9.17, 15) is 9.59 Å². The van der Waals surface area contributed by atoms with Crippen LogP contribution in [0.2, 0.25) is 17.7 Å². The Hall–Kier alpha value is 0.537. The first-order valence-corrected chi connectivity index (χ1v) is 28.3. The fourth-order valence-electron chi connectivity index (χ4n) is 4.63. The Labute approximate surface area is 311 Å². The molecule has 4 radical (unpaired) electrons. The maximum atomic E-state index is 10.2. The van der Waals surface area contributed by atoms with Crippen LogP contribution < -0.4 is 0 Å². The molecule has 0 aliphatic heterocycles. The summed E-state index contributed by atoms with van der Waals surface area (Å²) in [5, 5.41) is 16.8. The molecule has 46 heavy (non-hydrogen) atoms. The van der Waals surface area contributed by atoms with E-state index in [1.54, 1.807) is 17.7 Å². The van der Waals surface area contributed by atoms with Gasteiger partial charge in [-0.3, -0.25) is 9.59 Å². The van der Waals surface area contributed by atoms with Crippen molar-refractivity contribution >= 4 is 54.2 Å². The van der Waals surface area contributed by atoms with Crippen molar-refractivity contribution in [2.24, 2.45) is 0 Å². The second kappa shape index (κ2) is 55.0. The van der Waals surface area contributed by atoms with Crippen LogP contribution in [-0.2, 0) is 9.59 Å². The van der Waals surface area contributed by atoms with Gasteiger partial charge in [-0.2, -0.15) is 0 Å². The van der Waals surface area contributed by atoms with Gasteiger partial charge in [-0.05, 0) is 12.8 Å². The van der Waals surface area contributed by atoms with Crippen LogP contribution in [0.15, 0.2) is 0 Å². The van der Waals surface area contributed by atoms with Crippen LogP contribution in [-0.4, -0.2) is 64.4 Å². The summed E-state index contributed by atoms with van der Waals surface area (Å²) in [5.74, 6) is -1.32. The van der Waals surface area contributed by atoms with Crippen molar-refractivity contribution in [2.45, 2.75) is 239 Å². The number of carboxylic acid groups (broad SMARTS) is 2. The normalized spacial score (nSPS) is 10.2. The quantitative estimate of drug-likeness (QED) is 0.0522. The van der Waals surface area contributed by atoms with Crippen LogP contribution >= 0.6 is 0 Å². The summed E-state index contributed by atoms with van der Waals surface area (Å²) in [6.45, 7) is 13.6. The number of rotatable bonds is 32. The molecule has 0 rings (SSSR count). The van der Waals surface area contributed by atoms with E-state index in [4.69, 9.17) is 10.2 Å². The molecule has 0 saturated heterocycles. The van der Waals surface area contributed by atoms with Crippen LogP contribution in [0.5, 0.6) is 0 Å². The summed E-state index contributed by atoms with van der Waals surface area (Å²) in [7, 11) is 0. The Morgan fingerprint density at radius 3 is 0.717 bits per heavy atom. The molecule has 0 aromatic heterocycles. The standard InChI is InChI=1S/2C12H24O2.4C4H9.2Sn/c2*1-2-3-4-5-6-7-8-9-10-11-12(13)14;4*1-3-4-2;;/h2*2-11H2,1H3,(H,13,14);4*1,3-4H2,2H3;;. The van der Waals surface area contributed by atoms with Gasteiger partial charge in [0.1, 0.15) is 0 Å². The van der Waals surface area contributed by atoms with Crippen LogP contribution in [0.4, 0.5) is 0 Å². The monoisotopic (exact) mass is 868 g/mol. The van der Waals surface area contributed by atoms with Gasteiger partial charge in [0.25, 0.3) is 0 Å². The molecule has 0 aliphatic carbocycles. The first-order valence-electron chi connectivity index (χ1n) is 20.2. The first-order chi connectivity index (χ1) is 22.4. The van der Waals surface area contributed by atoms with E-state index in [2.05, 4.69) is 41.5 Å². The van der Waals surface area contributed by atoms with Crippen molar-refractivity contribution in [1.29, 1.82) is 0 Å². The molecule has 6 heteroatoms. The van der Waals surface area contributed by atoms with Gasteiger partial charge in [0, 0.05) is 12.8 Å². The van der Waals surface area contributed by atoms with Gasteiger partial charge >= 0.3 is 151 Å². The molecule has 4 nitrogen and oxygen atoms in total. The molecule has 0 fully saturated rings. The molecule has 0 aromatic carbocycles. The second-order valence-electron chi connectivity index (χ2n) is 12.9. The Morgan fingerprint density at radius 2 is 0.522 bits per heavy atom. The zero-order valence-electron chi connectivity index (χ0n) is 32.3. The molecule has 0 spiro atoms. The van der Waals surface area contributed by atoms with Crippen molar-refractivity contribution in [3.8, 4) is 0 Å². The van der Waals surface area contributed by atoms with Crippen molar-refractivity contribution in [3.63, 3.8) is 0 Å². The average molecular weight is 867 g/mol. The number of carbonyl (C=O) groups is 2. The predicted octanol–water partition coefficient (Wildman–Crippen LogP) is 14.2. The fourth-order valence-corrected chi connectivity index (χ4v) is 12.9. The third-order valence-electron chi connectivity index (χ3n) is 7.82. The van der Waals surface area contributed by atoms with Crippen molar-refractivity contribution in [3.05, 3.63) is 0 Å². The van der Waals surface area contributed by atoms with E-state index in [1.807, 2.05) is 0 Å². The average Bonchev–Trinajstić information content (AvgIpc) is 3.04. The van der Waals surface area contributed by atoms with Crippen molar-refractivity contribution < 1.29 is 19.8 Å². The number of hydrogen-bond donors (Lipinski definition) is 2. The number of hydrogen-bond acceptors (Lipinski definition) is 2. The Morgan fingerprint density at radius 1 is 0.326 bits per heavy atom. The van der Waals surface area contributed by atoms with E-state index in [-0.39, 0.29) is 42.3 Å². The molecule has 276 valence electrons. The van der Waals surface area contributed by atoms with Gasteiger partial charge in [0.2, 0.25) is 0 Å². The van der Waals surface area contributed by atoms with Gasteiger partial charge in [-0.25, -0.2) is 0 Å².